The minimum Gasteiger partial charge on any atom is -0.493 e. The number of aryl methyl sites for hydroxylation is 1. The summed E-state index contributed by atoms with van der Waals surface area (Å²) in [5, 5.41) is 11.8. The van der Waals surface area contributed by atoms with Crippen molar-refractivity contribution in [2.75, 3.05) is 12.4 Å². The topological polar surface area (TPSA) is 86.5 Å². The zero-order chi connectivity index (χ0) is 16.9. The lowest BCUT2D eigenvalue weighted by Gasteiger charge is -2.07. The lowest BCUT2D eigenvalue weighted by Crippen LogP contribution is -2.10. The highest BCUT2D eigenvalue weighted by Crippen LogP contribution is 2.32. The molecule has 0 saturated carbocycles. The number of furan rings is 1. The van der Waals surface area contributed by atoms with Crippen molar-refractivity contribution in [3.8, 4) is 17.4 Å². The third-order valence-corrected chi connectivity index (χ3v) is 4.06. The molecular weight excluding hydrogens is 330 g/mol. The maximum atomic E-state index is 12.2. The molecule has 1 amide bonds. The largest absolute Gasteiger partial charge is 0.493 e. The summed E-state index contributed by atoms with van der Waals surface area (Å²) in [6.07, 6.45) is 0.769. The van der Waals surface area contributed by atoms with Gasteiger partial charge < -0.3 is 13.9 Å². The van der Waals surface area contributed by atoms with Crippen LogP contribution in [0.5, 0.6) is 17.4 Å². The number of nitrogens with one attached hydrogen (secondary N) is 1. The van der Waals surface area contributed by atoms with Crippen LogP contribution in [0.2, 0.25) is 0 Å². The van der Waals surface area contributed by atoms with E-state index in [1.54, 1.807) is 25.3 Å². The number of hydrogen-bond acceptors (Lipinski definition) is 7. The average Bonchev–Trinajstić information content (AvgIpc) is 3.24. The Kier molecular flexibility index (Phi) is 4.76. The van der Waals surface area contributed by atoms with Gasteiger partial charge in [-0.1, -0.05) is 30.4 Å². The first-order chi connectivity index (χ1) is 11.7. The monoisotopic (exact) mass is 345 g/mol. The van der Waals surface area contributed by atoms with Crippen LogP contribution in [-0.4, -0.2) is 23.2 Å². The number of ether oxygens (including phenoxy) is 2. The molecule has 2 heterocycles. The van der Waals surface area contributed by atoms with Gasteiger partial charge in [0.25, 0.3) is 11.9 Å². The SMILES string of the molecule is CCc1nnc(NC(=O)c2ccc(Oc3ccccc3OC)o2)s1. The molecule has 0 radical (unpaired) electrons. The molecule has 3 aromatic rings. The van der Waals surface area contributed by atoms with Gasteiger partial charge >= 0.3 is 0 Å². The molecule has 0 aliphatic rings. The standard InChI is InChI=1S/C16H15N3O4S/c1-3-13-18-19-16(24-13)17-15(20)12-8-9-14(23-12)22-11-7-5-4-6-10(11)21-2/h4-9H,3H2,1-2H3,(H,17,19,20). The van der Waals surface area contributed by atoms with E-state index in [-0.39, 0.29) is 11.7 Å². The Labute approximate surface area is 142 Å². The summed E-state index contributed by atoms with van der Waals surface area (Å²) >= 11 is 1.33. The summed E-state index contributed by atoms with van der Waals surface area (Å²) in [4.78, 5) is 12.2. The van der Waals surface area contributed by atoms with E-state index in [2.05, 4.69) is 15.5 Å². The van der Waals surface area contributed by atoms with Crippen LogP contribution in [0.4, 0.5) is 5.13 Å². The zero-order valence-electron chi connectivity index (χ0n) is 13.1. The number of nitrogens with zero attached hydrogens (tertiary/aromatic N) is 2. The van der Waals surface area contributed by atoms with Gasteiger partial charge in [-0.15, -0.1) is 10.2 Å². The Morgan fingerprint density at radius 2 is 2.00 bits per heavy atom. The number of rotatable bonds is 6. The van der Waals surface area contributed by atoms with Crippen LogP contribution in [0.3, 0.4) is 0 Å². The molecular formula is C16H15N3O4S. The number of carbonyl (C=O) groups is 1. The molecule has 0 aliphatic carbocycles. The highest BCUT2D eigenvalue weighted by molar-refractivity contribution is 7.15. The normalized spacial score (nSPS) is 10.4. The van der Waals surface area contributed by atoms with Crippen LogP contribution in [0, 0.1) is 0 Å². The molecule has 0 bridgehead atoms. The molecule has 7 nitrogen and oxygen atoms in total. The Hall–Kier alpha value is -2.87. The lowest BCUT2D eigenvalue weighted by atomic mass is 10.3. The number of hydrogen-bond donors (Lipinski definition) is 1. The molecule has 1 N–H and O–H groups in total. The smallest absolute Gasteiger partial charge is 0.293 e. The average molecular weight is 345 g/mol. The molecule has 0 saturated heterocycles. The van der Waals surface area contributed by atoms with Crippen molar-refractivity contribution in [1.82, 2.24) is 10.2 Å². The van der Waals surface area contributed by atoms with Crippen LogP contribution in [0.1, 0.15) is 22.5 Å². The number of amides is 1. The Morgan fingerprint density at radius 3 is 2.71 bits per heavy atom. The van der Waals surface area contributed by atoms with E-state index in [0.29, 0.717) is 16.6 Å². The maximum Gasteiger partial charge on any atom is 0.293 e. The minimum absolute atomic E-state index is 0.119. The van der Waals surface area contributed by atoms with Crippen LogP contribution in [0.15, 0.2) is 40.8 Å². The quantitative estimate of drug-likeness (QED) is 0.732. The molecule has 0 fully saturated rings. The van der Waals surface area contributed by atoms with E-state index in [1.807, 2.05) is 19.1 Å². The summed E-state index contributed by atoms with van der Waals surface area (Å²) in [5.41, 5.74) is 0. The van der Waals surface area contributed by atoms with Gasteiger partial charge in [-0.05, 0) is 24.6 Å². The van der Waals surface area contributed by atoms with Gasteiger partial charge in [0.2, 0.25) is 5.13 Å². The summed E-state index contributed by atoms with van der Waals surface area (Å²) < 4.78 is 16.2. The maximum absolute atomic E-state index is 12.2. The Balaban J connectivity index is 1.69. The van der Waals surface area contributed by atoms with Crippen LogP contribution in [-0.2, 0) is 6.42 Å². The first-order valence-electron chi connectivity index (χ1n) is 7.24. The number of anilines is 1. The molecule has 124 valence electrons. The highest BCUT2D eigenvalue weighted by Gasteiger charge is 2.15. The van der Waals surface area contributed by atoms with Crippen molar-refractivity contribution in [1.29, 1.82) is 0 Å². The third-order valence-electron chi connectivity index (χ3n) is 3.07. The fraction of sp³-hybridized carbons (Fsp3) is 0.188. The van der Waals surface area contributed by atoms with Gasteiger partial charge in [0.05, 0.1) is 7.11 Å². The molecule has 0 aliphatic heterocycles. The second kappa shape index (κ2) is 7.14. The molecule has 3 rings (SSSR count). The minimum atomic E-state index is -0.413. The second-order valence-corrected chi connectivity index (χ2v) is 5.74. The van der Waals surface area contributed by atoms with Crippen LogP contribution >= 0.6 is 11.3 Å². The number of methoxy groups -OCH3 is 1. The second-order valence-electron chi connectivity index (χ2n) is 4.68. The first-order valence-corrected chi connectivity index (χ1v) is 8.05. The summed E-state index contributed by atoms with van der Waals surface area (Å²) in [5.74, 6) is 0.965. The fourth-order valence-corrected chi connectivity index (χ4v) is 2.59. The highest BCUT2D eigenvalue weighted by atomic mass is 32.1. The van der Waals surface area contributed by atoms with Gasteiger partial charge in [0.1, 0.15) is 5.01 Å². The van der Waals surface area contributed by atoms with E-state index in [4.69, 9.17) is 13.9 Å². The van der Waals surface area contributed by atoms with E-state index >= 15 is 0 Å². The number of para-hydroxylation sites is 2. The van der Waals surface area contributed by atoms with E-state index in [0.717, 1.165) is 11.4 Å². The van der Waals surface area contributed by atoms with Gasteiger partial charge in [-0.2, -0.15) is 0 Å². The van der Waals surface area contributed by atoms with Crippen LogP contribution < -0.4 is 14.8 Å². The number of aromatic nitrogens is 2. The van der Waals surface area contributed by atoms with Crippen molar-refractivity contribution in [2.24, 2.45) is 0 Å². The van der Waals surface area contributed by atoms with Gasteiger partial charge in [-0.25, -0.2) is 0 Å². The number of carbonyl (C=O) groups excluding carboxylic acids is 1. The predicted octanol–water partition coefficient (Wildman–Crippen LogP) is 3.75. The Bertz CT molecular complexity index is 843. The van der Waals surface area contributed by atoms with Gasteiger partial charge in [0, 0.05) is 6.07 Å². The van der Waals surface area contributed by atoms with E-state index in [9.17, 15) is 4.79 Å². The van der Waals surface area contributed by atoms with Crippen molar-refractivity contribution in [3.05, 3.63) is 47.2 Å². The van der Waals surface area contributed by atoms with Crippen molar-refractivity contribution < 1.29 is 18.7 Å². The molecule has 2 aromatic heterocycles. The molecule has 0 unspecified atom stereocenters. The first kappa shape index (κ1) is 16.0. The summed E-state index contributed by atoms with van der Waals surface area (Å²) in [7, 11) is 1.55. The van der Waals surface area contributed by atoms with E-state index in [1.165, 1.54) is 17.4 Å². The molecule has 0 atom stereocenters. The molecule has 8 heteroatoms. The van der Waals surface area contributed by atoms with Crippen molar-refractivity contribution in [3.63, 3.8) is 0 Å². The van der Waals surface area contributed by atoms with Crippen LogP contribution in [0.25, 0.3) is 0 Å². The lowest BCUT2D eigenvalue weighted by molar-refractivity contribution is 0.0991. The zero-order valence-corrected chi connectivity index (χ0v) is 13.9. The summed E-state index contributed by atoms with van der Waals surface area (Å²) in [6.45, 7) is 1.97. The molecule has 0 spiro atoms. The fourth-order valence-electron chi connectivity index (χ4n) is 1.91. The van der Waals surface area contributed by atoms with Crippen molar-refractivity contribution in [2.45, 2.75) is 13.3 Å². The van der Waals surface area contributed by atoms with Gasteiger partial charge in [-0.3, -0.25) is 10.1 Å². The predicted molar refractivity (Wildman–Crippen MR) is 89.0 cm³/mol. The molecule has 24 heavy (non-hydrogen) atoms. The Morgan fingerprint density at radius 1 is 1.21 bits per heavy atom. The number of benzene rings is 1. The van der Waals surface area contributed by atoms with Crippen molar-refractivity contribution >= 4 is 22.4 Å². The van der Waals surface area contributed by atoms with Gasteiger partial charge in [0.15, 0.2) is 17.3 Å². The summed E-state index contributed by atoms with van der Waals surface area (Å²) in [6, 6.07) is 10.3. The third kappa shape index (κ3) is 3.54. The molecule has 1 aromatic carbocycles. The van der Waals surface area contributed by atoms with E-state index < -0.39 is 5.91 Å².